The molecule has 0 spiro atoms. The van der Waals surface area contributed by atoms with Crippen LogP contribution in [0.4, 0.5) is 0 Å². The lowest BCUT2D eigenvalue weighted by Gasteiger charge is -2.50. The molecule has 0 heterocycles. The fourth-order valence-corrected chi connectivity index (χ4v) is 81.5. The number of hydrogen-bond acceptors (Lipinski definition) is 1. The Labute approximate surface area is 98.5 Å². The number of hydrogen-bond donors (Lipinski definition) is 0. The molecule has 0 aromatic carbocycles. The van der Waals surface area contributed by atoms with Crippen molar-refractivity contribution < 1.29 is 0 Å². The van der Waals surface area contributed by atoms with E-state index in [0.717, 1.165) is 0 Å². The molecule has 0 fully saturated rings. The first kappa shape index (κ1) is 15.3. The van der Waals surface area contributed by atoms with Crippen LogP contribution in [0.25, 0.3) is 0 Å². The first-order valence-corrected chi connectivity index (χ1v) is 21.2. The highest BCUT2D eigenvalue weighted by Crippen LogP contribution is 2.68. The van der Waals surface area contributed by atoms with Crippen LogP contribution in [0.15, 0.2) is 0 Å². The highest BCUT2D eigenvalue weighted by Gasteiger charge is 2.51. The Hall–Kier alpha value is 1.30. The summed E-state index contributed by atoms with van der Waals surface area (Å²) in [6.07, 6.45) is 0. The third kappa shape index (κ3) is 2.51. The van der Waals surface area contributed by atoms with Gasteiger partial charge in [-0.25, -0.2) is 0 Å². The average Bonchev–Trinajstić information content (AvgIpc) is 1.77. The van der Waals surface area contributed by atoms with Crippen LogP contribution in [0.3, 0.4) is 0 Å². The lowest BCUT2D eigenvalue weighted by molar-refractivity contribution is 1.80. The summed E-state index contributed by atoms with van der Waals surface area (Å²) in [4.78, 5) is 0. The monoisotopic (exact) mass is 282 g/mol. The zero-order chi connectivity index (χ0) is 12.0. The van der Waals surface area contributed by atoms with E-state index in [1.54, 1.807) is 0 Å². The van der Waals surface area contributed by atoms with Crippen molar-refractivity contribution in [2.75, 3.05) is 0 Å². The molecule has 0 saturated heterocycles. The van der Waals surface area contributed by atoms with Gasteiger partial charge in [-0.15, -0.1) is 11.8 Å². The Balaban J connectivity index is 5.69. The molecule has 0 aromatic heterocycles. The summed E-state index contributed by atoms with van der Waals surface area (Å²) in [6, 6.07) is 0. The predicted octanol–water partition coefficient (Wildman–Crippen LogP) is 4.97. The first-order chi connectivity index (χ1) is 5.75. The minimum Gasteiger partial charge on any atom is -0.110 e. The highest BCUT2D eigenvalue weighted by molar-refractivity contribution is 8.61. The largest absolute Gasteiger partial charge is 0.110 e. The normalized spacial score (nSPS) is 15.8. The summed E-state index contributed by atoms with van der Waals surface area (Å²) in [7, 11) is -3.40. The van der Waals surface area contributed by atoms with Gasteiger partial charge in [-0.1, -0.05) is 63.6 Å². The minimum atomic E-state index is -1.13. The van der Waals surface area contributed by atoms with Crippen LogP contribution < -0.4 is 0 Å². The van der Waals surface area contributed by atoms with Crippen molar-refractivity contribution in [3.05, 3.63) is 0 Å². The van der Waals surface area contributed by atoms with Gasteiger partial charge in [0.15, 0.2) is 0 Å². The Kier molecular flexibility index (Phi) is 4.32. The van der Waals surface area contributed by atoms with E-state index in [0.29, 0.717) is 0 Å². The van der Waals surface area contributed by atoms with Crippen molar-refractivity contribution >= 4 is 39.7 Å². The zero-order valence-corrected chi connectivity index (χ0v) is 16.1. The molecule has 0 amide bonds. The van der Waals surface area contributed by atoms with Crippen LogP contribution in [0, 0.1) is 0 Å². The van der Waals surface area contributed by atoms with Gasteiger partial charge in [0.1, 0.15) is 0 Å². The molecule has 0 aliphatic heterocycles. The van der Waals surface area contributed by atoms with E-state index >= 15 is 0 Å². The van der Waals surface area contributed by atoms with Gasteiger partial charge < -0.3 is 0 Å². The summed E-state index contributed by atoms with van der Waals surface area (Å²) in [5, 5.41) is 0. The lowest BCUT2D eigenvalue weighted by Crippen LogP contribution is -2.46. The van der Waals surface area contributed by atoms with E-state index < -0.39 is 27.9 Å². The molecule has 14 heavy (non-hydrogen) atoms. The Morgan fingerprint density at radius 3 is 0.714 bits per heavy atom. The topological polar surface area (TPSA) is 0 Å². The molecule has 0 rings (SSSR count). The van der Waals surface area contributed by atoms with Gasteiger partial charge in [-0.2, -0.15) is 0 Å². The SMILES string of the molecule is C[Si](C)(C)P(=S)([Si](C)(C)C)[Si](C)(C)C. The second-order valence-corrected chi connectivity index (χ2v) is 48.1. The fourth-order valence-electron chi connectivity index (χ4n) is 3.02. The second kappa shape index (κ2) is 3.95. The van der Waals surface area contributed by atoms with Crippen molar-refractivity contribution in [2.24, 2.45) is 0 Å². The highest BCUT2D eigenvalue weighted by atomic mass is 32.6. The van der Waals surface area contributed by atoms with E-state index in [1.807, 2.05) is 0 Å². The van der Waals surface area contributed by atoms with Crippen LogP contribution in [-0.4, -0.2) is 23.2 Å². The van der Waals surface area contributed by atoms with E-state index in [4.69, 9.17) is 11.8 Å². The third-order valence-corrected chi connectivity index (χ3v) is 76.5. The van der Waals surface area contributed by atoms with E-state index in [9.17, 15) is 0 Å². The van der Waals surface area contributed by atoms with E-state index in [2.05, 4.69) is 58.9 Å². The van der Waals surface area contributed by atoms with E-state index in [-0.39, 0.29) is 0 Å². The van der Waals surface area contributed by atoms with Crippen molar-refractivity contribution in [1.82, 2.24) is 0 Å². The predicted molar refractivity (Wildman–Crippen MR) is 84.3 cm³/mol. The van der Waals surface area contributed by atoms with Gasteiger partial charge in [0.25, 0.3) is 0 Å². The lowest BCUT2D eigenvalue weighted by atomic mass is 11.8. The van der Waals surface area contributed by atoms with Crippen LogP contribution >= 0.6 is 4.68 Å². The van der Waals surface area contributed by atoms with Gasteiger partial charge in [0.05, 0.1) is 23.2 Å². The van der Waals surface area contributed by atoms with Crippen molar-refractivity contribution in [3.8, 4) is 0 Å². The summed E-state index contributed by atoms with van der Waals surface area (Å²) in [5.74, 6) is 0. The molecule has 0 saturated carbocycles. The van der Waals surface area contributed by atoms with Crippen LogP contribution in [0.5, 0.6) is 0 Å². The van der Waals surface area contributed by atoms with Crippen LogP contribution in [0.2, 0.25) is 58.9 Å². The Bertz CT molecular complexity index is 212. The fraction of sp³-hybridized carbons (Fsp3) is 1.00. The molecule has 86 valence electrons. The maximum absolute atomic E-state index is 6.31. The molecule has 0 N–H and O–H groups in total. The maximum Gasteiger partial charge on any atom is 0.0763 e. The zero-order valence-electron chi connectivity index (χ0n) is 11.4. The van der Waals surface area contributed by atoms with E-state index in [1.165, 1.54) is 0 Å². The molecule has 0 aliphatic carbocycles. The Morgan fingerprint density at radius 1 is 0.571 bits per heavy atom. The third-order valence-electron chi connectivity index (χ3n) is 2.83. The molecular weight excluding hydrogens is 255 g/mol. The van der Waals surface area contributed by atoms with Crippen molar-refractivity contribution in [3.63, 3.8) is 0 Å². The molecule has 5 heteroatoms. The molecule has 0 bridgehead atoms. The molecular formula is C9H27PSSi3. The summed E-state index contributed by atoms with van der Waals surface area (Å²) in [6.45, 7) is 22.7. The summed E-state index contributed by atoms with van der Waals surface area (Å²) >= 11 is 6.31. The Morgan fingerprint density at radius 2 is 0.714 bits per heavy atom. The average molecular weight is 283 g/mol. The molecule has 0 radical (unpaired) electrons. The van der Waals surface area contributed by atoms with Crippen LogP contribution in [-0.2, 0) is 11.8 Å². The summed E-state index contributed by atoms with van der Waals surface area (Å²) in [5.41, 5.74) is 0. The van der Waals surface area contributed by atoms with Gasteiger partial charge in [-0.3, -0.25) is 0 Å². The smallest absolute Gasteiger partial charge is 0.0763 e. The minimum absolute atomic E-state index is 1.02. The second-order valence-electron chi connectivity index (χ2n) is 7.12. The molecule has 0 aromatic rings. The molecule has 0 atom stereocenters. The van der Waals surface area contributed by atoms with Crippen molar-refractivity contribution in [2.45, 2.75) is 58.9 Å². The molecule has 0 unspecified atom stereocenters. The molecule has 0 aliphatic rings. The quantitative estimate of drug-likeness (QED) is 0.520. The van der Waals surface area contributed by atoms with Gasteiger partial charge >= 0.3 is 0 Å². The standard InChI is InChI=1S/C9H27PSSi3/c1-12(2,3)10(11,13(4,5)6)14(7,8)9/h1-9H3. The van der Waals surface area contributed by atoms with Gasteiger partial charge in [0, 0.05) is 0 Å². The molecule has 0 nitrogen and oxygen atoms in total. The van der Waals surface area contributed by atoms with Gasteiger partial charge in [0.2, 0.25) is 0 Å². The maximum atomic E-state index is 6.31. The van der Waals surface area contributed by atoms with Crippen LogP contribution in [0.1, 0.15) is 0 Å². The van der Waals surface area contributed by atoms with Gasteiger partial charge in [-0.05, 0) is 0 Å². The van der Waals surface area contributed by atoms with Crippen molar-refractivity contribution in [1.29, 1.82) is 0 Å². The number of rotatable bonds is 3. The summed E-state index contributed by atoms with van der Waals surface area (Å²) < 4.78 is -1.02. The first-order valence-electron chi connectivity index (χ1n) is 5.35.